The van der Waals surface area contributed by atoms with Gasteiger partial charge in [0.2, 0.25) is 0 Å². The molecule has 0 saturated carbocycles. The van der Waals surface area contributed by atoms with Crippen LogP contribution in [0.3, 0.4) is 0 Å². The summed E-state index contributed by atoms with van der Waals surface area (Å²) in [5.41, 5.74) is 1.86. The van der Waals surface area contributed by atoms with Crippen LogP contribution in [0.4, 0.5) is 4.39 Å². The van der Waals surface area contributed by atoms with Crippen molar-refractivity contribution in [2.75, 3.05) is 6.61 Å². The molecule has 0 unspecified atom stereocenters. The van der Waals surface area contributed by atoms with Crippen LogP contribution in [-0.4, -0.2) is 22.1 Å². The van der Waals surface area contributed by atoms with Crippen LogP contribution in [0.1, 0.15) is 23.1 Å². The lowest BCUT2D eigenvalue weighted by Crippen LogP contribution is -2.13. The van der Waals surface area contributed by atoms with Gasteiger partial charge in [-0.25, -0.2) is 14.2 Å². The number of carbonyl (C=O) groups excluding carboxylic acids is 1. The molecule has 0 fully saturated rings. The second-order valence-electron chi connectivity index (χ2n) is 5.24. The zero-order valence-electron chi connectivity index (χ0n) is 13.5. The Labute approximate surface area is 139 Å². The van der Waals surface area contributed by atoms with Gasteiger partial charge in [0.15, 0.2) is 5.69 Å². The van der Waals surface area contributed by atoms with Gasteiger partial charge in [-0.3, -0.25) is 4.57 Å². The lowest BCUT2D eigenvalue weighted by molar-refractivity contribution is 0.0516. The highest BCUT2D eigenvalue weighted by molar-refractivity contribution is 5.91. The summed E-state index contributed by atoms with van der Waals surface area (Å²) in [5.74, 6) is -0.496. The molecule has 0 radical (unpaired) electrons. The van der Waals surface area contributed by atoms with Gasteiger partial charge in [-0.05, 0) is 38.1 Å². The number of aryl methyl sites for hydroxylation is 1. The fraction of sp³-hybridized carbons (Fsp3) is 0.158. The van der Waals surface area contributed by atoms with E-state index in [9.17, 15) is 9.18 Å². The van der Waals surface area contributed by atoms with Crippen LogP contribution in [0.5, 0.6) is 0 Å². The Kier molecular flexibility index (Phi) is 4.42. The fourth-order valence-corrected chi connectivity index (χ4v) is 2.62. The summed E-state index contributed by atoms with van der Waals surface area (Å²) in [5, 5.41) is 0. The number of hydrogen-bond donors (Lipinski definition) is 0. The second kappa shape index (κ2) is 6.66. The predicted octanol–water partition coefficient (Wildman–Crippen LogP) is 4.16. The number of rotatable bonds is 4. The number of aromatic nitrogens is 2. The first-order chi connectivity index (χ1) is 11.6. The molecule has 24 heavy (non-hydrogen) atoms. The summed E-state index contributed by atoms with van der Waals surface area (Å²) >= 11 is 0. The van der Waals surface area contributed by atoms with Crippen molar-refractivity contribution in [3.05, 3.63) is 71.8 Å². The molecule has 4 nitrogen and oxygen atoms in total. The molecule has 3 rings (SSSR count). The van der Waals surface area contributed by atoms with Gasteiger partial charge in [0, 0.05) is 5.69 Å². The molecular formula is C19H17FN2O2. The van der Waals surface area contributed by atoms with E-state index < -0.39 is 11.8 Å². The van der Waals surface area contributed by atoms with E-state index in [1.54, 1.807) is 36.6 Å². The third-order valence-corrected chi connectivity index (χ3v) is 3.65. The van der Waals surface area contributed by atoms with Crippen LogP contribution in [0.25, 0.3) is 17.1 Å². The highest BCUT2D eigenvalue weighted by Crippen LogP contribution is 2.28. The van der Waals surface area contributed by atoms with E-state index >= 15 is 0 Å². The van der Waals surface area contributed by atoms with Crippen molar-refractivity contribution >= 4 is 5.97 Å². The molecule has 0 saturated heterocycles. The number of imidazole rings is 1. The summed E-state index contributed by atoms with van der Waals surface area (Å²) in [4.78, 5) is 16.9. The first-order valence-corrected chi connectivity index (χ1v) is 7.70. The molecule has 0 bridgehead atoms. The Balaban J connectivity index is 2.29. The molecule has 0 aliphatic carbocycles. The molecule has 2 aromatic carbocycles. The first kappa shape index (κ1) is 15.9. The number of esters is 1. The van der Waals surface area contributed by atoms with Gasteiger partial charge in [-0.1, -0.05) is 30.3 Å². The third-order valence-electron chi connectivity index (χ3n) is 3.65. The minimum atomic E-state index is -0.478. The number of nitrogens with zero attached hydrogens (tertiary/aromatic N) is 2. The van der Waals surface area contributed by atoms with Gasteiger partial charge in [-0.15, -0.1) is 0 Å². The highest BCUT2D eigenvalue weighted by Gasteiger charge is 2.24. The Morgan fingerprint density at radius 2 is 1.79 bits per heavy atom. The normalized spacial score (nSPS) is 10.6. The van der Waals surface area contributed by atoms with Gasteiger partial charge in [0.25, 0.3) is 0 Å². The molecule has 5 heteroatoms. The summed E-state index contributed by atoms with van der Waals surface area (Å²) in [6.07, 6.45) is 0. The highest BCUT2D eigenvalue weighted by atomic mass is 19.1. The monoisotopic (exact) mass is 324 g/mol. The van der Waals surface area contributed by atoms with Gasteiger partial charge in [-0.2, -0.15) is 0 Å². The third kappa shape index (κ3) is 2.80. The lowest BCUT2D eigenvalue weighted by Gasteiger charge is -2.12. The number of ether oxygens (including phenoxy) is 1. The van der Waals surface area contributed by atoms with Crippen LogP contribution in [0.2, 0.25) is 0 Å². The average Bonchev–Trinajstić information content (AvgIpc) is 2.93. The summed E-state index contributed by atoms with van der Waals surface area (Å²) in [6.45, 7) is 3.72. The van der Waals surface area contributed by atoms with Gasteiger partial charge < -0.3 is 4.74 Å². The van der Waals surface area contributed by atoms with E-state index in [4.69, 9.17) is 4.74 Å². The number of para-hydroxylation sites is 1. The minimum Gasteiger partial charge on any atom is -0.461 e. The number of hydrogen-bond acceptors (Lipinski definition) is 3. The molecule has 3 aromatic rings. The topological polar surface area (TPSA) is 44.1 Å². The summed E-state index contributed by atoms with van der Waals surface area (Å²) < 4.78 is 21.1. The maximum absolute atomic E-state index is 14.3. The Bertz CT molecular complexity index is 872. The molecule has 0 aliphatic rings. The van der Waals surface area contributed by atoms with Crippen LogP contribution in [-0.2, 0) is 4.74 Å². The first-order valence-electron chi connectivity index (χ1n) is 7.70. The van der Waals surface area contributed by atoms with Crippen molar-refractivity contribution in [1.82, 2.24) is 9.55 Å². The van der Waals surface area contributed by atoms with E-state index in [0.29, 0.717) is 22.8 Å². The number of halogens is 1. The van der Waals surface area contributed by atoms with E-state index in [-0.39, 0.29) is 6.61 Å². The molecular weight excluding hydrogens is 307 g/mol. The van der Waals surface area contributed by atoms with E-state index in [2.05, 4.69) is 4.98 Å². The van der Waals surface area contributed by atoms with Crippen LogP contribution < -0.4 is 0 Å². The molecule has 1 heterocycles. The molecule has 0 aliphatic heterocycles. The van der Waals surface area contributed by atoms with E-state index in [1.165, 1.54) is 6.07 Å². The molecule has 0 N–H and O–H groups in total. The van der Waals surface area contributed by atoms with Crippen molar-refractivity contribution < 1.29 is 13.9 Å². The smallest absolute Gasteiger partial charge is 0.357 e. The average molecular weight is 324 g/mol. The maximum Gasteiger partial charge on any atom is 0.357 e. The van der Waals surface area contributed by atoms with Crippen molar-refractivity contribution in [3.8, 4) is 17.1 Å². The summed E-state index contributed by atoms with van der Waals surface area (Å²) in [7, 11) is 0. The molecule has 0 amide bonds. The minimum absolute atomic E-state index is 0.257. The van der Waals surface area contributed by atoms with E-state index in [1.807, 2.05) is 30.3 Å². The molecule has 1 aromatic heterocycles. The molecule has 122 valence electrons. The van der Waals surface area contributed by atoms with Gasteiger partial charge >= 0.3 is 5.97 Å². The number of benzene rings is 2. The SMILES string of the molecule is CCOC(=O)c1c(C)nc(-c2ccccc2F)n1-c1ccccc1. The molecule has 0 atom stereocenters. The van der Waals surface area contributed by atoms with Gasteiger partial charge in [0.1, 0.15) is 11.6 Å². The fourth-order valence-electron chi connectivity index (χ4n) is 2.62. The lowest BCUT2D eigenvalue weighted by atomic mass is 10.2. The quantitative estimate of drug-likeness (QED) is 0.677. The Morgan fingerprint density at radius 3 is 2.46 bits per heavy atom. The van der Waals surface area contributed by atoms with Crippen LogP contribution in [0.15, 0.2) is 54.6 Å². The van der Waals surface area contributed by atoms with E-state index in [0.717, 1.165) is 5.69 Å². The maximum atomic E-state index is 14.3. The molecule has 0 spiro atoms. The standard InChI is InChI=1S/C19H17FN2O2/c1-3-24-19(23)17-13(2)21-18(15-11-7-8-12-16(15)20)22(17)14-9-5-4-6-10-14/h4-12H,3H2,1-2H3. The van der Waals surface area contributed by atoms with Gasteiger partial charge in [0.05, 0.1) is 17.9 Å². The second-order valence-corrected chi connectivity index (χ2v) is 5.24. The Hall–Kier alpha value is -2.95. The van der Waals surface area contributed by atoms with Crippen LogP contribution >= 0.6 is 0 Å². The van der Waals surface area contributed by atoms with Crippen molar-refractivity contribution in [1.29, 1.82) is 0 Å². The van der Waals surface area contributed by atoms with Crippen molar-refractivity contribution in [3.63, 3.8) is 0 Å². The zero-order chi connectivity index (χ0) is 17.1. The number of carbonyl (C=O) groups is 1. The zero-order valence-corrected chi connectivity index (χ0v) is 13.5. The predicted molar refractivity (Wildman–Crippen MR) is 89.7 cm³/mol. The largest absolute Gasteiger partial charge is 0.461 e. The summed E-state index contributed by atoms with van der Waals surface area (Å²) in [6, 6.07) is 15.6. The Morgan fingerprint density at radius 1 is 1.12 bits per heavy atom. The van der Waals surface area contributed by atoms with Crippen molar-refractivity contribution in [2.24, 2.45) is 0 Å². The van der Waals surface area contributed by atoms with Crippen LogP contribution in [0, 0.1) is 12.7 Å². The van der Waals surface area contributed by atoms with Crippen molar-refractivity contribution in [2.45, 2.75) is 13.8 Å².